The first-order valence-electron chi connectivity index (χ1n) is 4.77. The van der Waals surface area contributed by atoms with Gasteiger partial charge in [-0.3, -0.25) is 9.59 Å². The van der Waals surface area contributed by atoms with Crippen LogP contribution in [0.15, 0.2) is 29.4 Å². The van der Waals surface area contributed by atoms with Crippen LogP contribution in [-0.4, -0.2) is 28.1 Å². The molecular weight excluding hydrogens is 224 g/mol. The molecule has 1 aromatic rings. The van der Waals surface area contributed by atoms with E-state index in [1.807, 2.05) is 31.2 Å². The number of carbonyl (C=O) groups is 2. The van der Waals surface area contributed by atoms with Gasteiger partial charge in [-0.1, -0.05) is 41.6 Å². The number of hydrogen-bond acceptors (Lipinski definition) is 4. The first-order chi connectivity index (χ1) is 7.66. The molecule has 0 bridgehead atoms. The van der Waals surface area contributed by atoms with E-state index >= 15 is 0 Å². The summed E-state index contributed by atoms with van der Waals surface area (Å²) in [6.45, 7) is 1.99. The molecule has 5 heteroatoms. The maximum atomic E-state index is 11.2. The van der Waals surface area contributed by atoms with Crippen LogP contribution in [0, 0.1) is 6.92 Å². The zero-order valence-corrected chi connectivity index (χ0v) is 9.53. The summed E-state index contributed by atoms with van der Waals surface area (Å²) in [4.78, 5) is 22.4. The average Bonchev–Trinajstić information content (AvgIpc) is 2.59. The average molecular weight is 234 g/mol. The van der Waals surface area contributed by atoms with Crippen LogP contribution in [0.25, 0.3) is 0 Å². The Balaban J connectivity index is 2.12. The first kappa shape index (κ1) is 10.9. The zero-order chi connectivity index (χ0) is 11.5. The number of aryl methyl sites for hydroxylation is 1. The topological polar surface area (TPSA) is 49.7 Å². The minimum atomic E-state index is -0.312. The maximum absolute atomic E-state index is 11.2. The quantitative estimate of drug-likeness (QED) is 0.736. The van der Waals surface area contributed by atoms with Crippen molar-refractivity contribution < 1.29 is 9.59 Å². The lowest BCUT2D eigenvalue weighted by Gasteiger charge is -2.03. The lowest BCUT2D eigenvalue weighted by molar-refractivity contribution is -0.124. The Hall–Kier alpha value is -1.62. The predicted molar refractivity (Wildman–Crippen MR) is 63.5 cm³/mol. The number of rotatable bonds is 2. The third-order valence-electron chi connectivity index (χ3n) is 2.13. The van der Waals surface area contributed by atoms with Crippen molar-refractivity contribution in [3.63, 3.8) is 0 Å². The van der Waals surface area contributed by atoms with E-state index in [0.717, 1.165) is 27.9 Å². The highest BCUT2D eigenvalue weighted by Gasteiger charge is 2.29. The Labute approximate surface area is 97.3 Å². The molecule has 1 aromatic carbocycles. The lowest BCUT2D eigenvalue weighted by atomic mass is 10.2. The van der Waals surface area contributed by atoms with Gasteiger partial charge in [-0.15, -0.1) is 0 Å². The summed E-state index contributed by atoms with van der Waals surface area (Å²) in [5.74, 6) is -0.0808. The molecule has 0 spiro atoms. The second kappa shape index (κ2) is 4.49. The SMILES string of the molecule is Cc1ccc(C=NN2C(=O)CSC2=O)cc1. The van der Waals surface area contributed by atoms with Crippen LogP contribution in [0.4, 0.5) is 4.79 Å². The summed E-state index contributed by atoms with van der Waals surface area (Å²) in [6, 6.07) is 7.67. The van der Waals surface area contributed by atoms with Gasteiger partial charge in [0, 0.05) is 0 Å². The number of thioether (sulfide) groups is 1. The maximum Gasteiger partial charge on any atom is 0.309 e. The Morgan fingerprint density at radius 2 is 2.00 bits per heavy atom. The normalized spacial score (nSPS) is 16.4. The molecule has 82 valence electrons. The number of imide groups is 1. The summed E-state index contributed by atoms with van der Waals surface area (Å²) in [7, 11) is 0. The fourth-order valence-corrected chi connectivity index (χ4v) is 1.88. The van der Waals surface area contributed by atoms with Crippen LogP contribution in [0.5, 0.6) is 0 Å². The van der Waals surface area contributed by atoms with Crippen LogP contribution < -0.4 is 0 Å². The smallest absolute Gasteiger partial charge is 0.271 e. The number of hydrazone groups is 1. The molecule has 1 aliphatic heterocycles. The fraction of sp³-hybridized carbons (Fsp3) is 0.182. The summed E-state index contributed by atoms with van der Waals surface area (Å²) in [6.07, 6.45) is 1.52. The molecule has 1 fully saturated rings. The molecule has 0 aromatic heterocycles. The zero-order valence-electron chi connectivity index (χ0n) is 8.71. The van der Waals surface area contributed by atoms with Crippen LogP contribution in [0.1, 0.15) is 11.1 Å². The molecule has 0 aliphatic carbocycles. The van der Waals surface area contributed by atoms with E-state index in [1.165, 1.54) is 6.21 Å². The van der Waals surface area contributed by atoms with E-state index in [9.17, 15) is 9.59 Å². The predicted octanol–water partition coefficient (Wildman–Crippen LogP) is 2.02. The van der Waals surface area contributed by atoms with E-state index in [4.69, 9.17) is 0 Å². The van der Waals surface area contributed by atoms with Crippen LogP contribution >= 0.6 is 11.8 Å². The second-order valence-electron chi connectivity index (χ2n) is 3.42. The minimum Gasteiger partial charge on any atom is -0.271 e. The number of carbonyl (C=O) groups excluding carboxylic acids is 2. The van der Waals surface area contributed by atoms with Gasteiger partial charge in [-0.25, -0.2) is 0 Å². The highest BCUT2D eigenvalue weighted by Crippen LogP contribution is 2.18. The molecule has 0 N–H and O–H groups in total. The molecule has 16 heavy (non-hydrogen) atoms. The molecular formula is C11H10N2O2S. The van der Waals surface area contributed by atoms with E-state index < -0.39 is 0 Å². The largest absolute Gasteiger partial charge is 0.309 e. The van der Waals surface area contributed by atoms with Crippen molar-refractivity contribution in [2.45, 2.75) is 6.92 Å². The number of amides is 2. The summed E-state index contributed by atoms with van der Waals surface area (Å²) in [5, 5.41) is 4.47. The van der Waals surface area contributed by atoms with Gasteiger partial charge >= 0.3 is 5.24 Å². The molecule has 4 nitrogen and oxygen atoms in total. The van der Waals surface area contributed by atoms with Crippen molar-refractivity contribution in [3.8, 4) is 0 Å². The monoisotopic (exact) mass is 234 g/mol. The fourth-order valence-electron chi connectivity index (χ4n) is 1.24. The van der Waals surface area contributed by atoms with E-state index in [1.54, 1.807) is 0 Å². The van der Waals surface area contributed by atoms with E-state index in [2.05, 4.69) is 5.10 Å². The molecule has 2 amide bonds. The van der Waals surface area contributed by atoms with Gasteiger partial charge in [0.05, 0.1) is 12.0 Å². The molecule has 0 atom stereocenters. The standard InChI is InChI=1S/C11H10N2O2S/c1-8-2-4-9(5-3-8)6-12-13-10(14)7-16-11(13)15/h2-6H,7H2,1H3. The minimum absolute atomic E-state index is 0.185. The molecule has 1 heterocycles. The van der Waals surface area contributed by atoms with Crippen molar-refractivity contribution >= 4 is 29.1 Å². The van der Waals surface area contributed by atoms with Gasteiger partial charge < -0.3 is 0 Å². The highest BCUT2D eigenvalue weighted by molar-refractivity contribution is 8.14. The van der Waals surface area contributed by atoms with Gasteiger partial charge in [0.15, 0.2) is 0 Å². The molecule has 2 rings (SSSR count). The van der Waals surface area contributed by atoms with Crippen molar-refractivity contribution in [3.05, 3.63) is 35.4 Å². The lowest BCUT2D eigenvalue weighted by Crippen LogP contribution is -2.22. The third kappa shape index (κ3) is 2.30. The van der Waals surface area contributed by atoms with E-state index in [0.29, 0.717) is 0 Å². The van der Waals surface area contributed by atoms with Crippen LogP contribution in [-0.2, 0) is 4.79 Å². The van der Waals surface area contributed by atoms with E-state index in [-0.39, 0.29) is 16.9 Å². The Bertz CT molecular complexity index is 438. The van der Waals surface area contributed by atoms with Gasteiger partial charge in [0.1, 0.15) is 0 Å². The van der Waals surface area contributed by atoms with Crippen molar-refractivity contribution in [2.24, 2.45) is 5.10 Å². The van der Waals surface area contributed by atoms with Gasteiger partial charge in [-0.2, -0.15) is 10.1 Å². The first-order valence-corrected chi connectivity index (χ1v) is 5.76. The van der Waals surface area contributed by atoms with Crippen molar-refractivity contribution in [1.82, 2.24) is 5.01 Å². The molecule has 1 saturated heterocycles. The van der Waals surface area contributed by atoms with Gasteiger partial charge in [0.2, 0.25) is 0 Å². The summed E-state index contributed by atoms with van der Waals surface area (Å²) < 4.78 is 0. The number of benzene rings is 1. The molecule has 0 radical (unpaired) electrons. The molecule has 0 unspecified atom stereocenters. The van der Waals surface area contributed by atoms with Crippen molar-refractivity contribution in [1.29, 1.82) is 0 Å². The van der Waals surface area contributed by atoms with Crippen molar-refractivity contribution in [2.75, 3.05) is 5.75 Å². The Morgan fingerprint density at radius 3 is 2.56 bits per heavy atom. The number of nitrogens with zero attached hydrogens (tertiary/aromatic N) is 2. The summed E-state index contributed by atoms with van der Waals surface area (Å²) in [5.41, 5.74) is 2.02. The second-order valence-corrected chi connectivity index (χ2v) is 4.34. The number of hydrogen-bond donors (Lipinski definition) is 0. The Kier molecular flexibility index (Phi) is 3.05. The molecule has 1 aliphatic rings. The Morgan fingerprint density at radius 1 is 1.31 bits per heavy atom. The van der Waals surface area contributed by atoms with Gasteiger partial charge in [-0.05, 0) is 12.5 Å². The third-order valence-corrected chi connectivity index (χ3v) is 2.94. The van der Waals surface area contributed by atoms with Gasteiger partial charge in [0.25, 0.3) is 5.91 Å². The van der Waals surface area contributed by atoms with Crippen LogP contribution in [0.2, 0.25) is 0 Å². The highest BCUT2D eigenvalue weighted by atomic mass is 32.2. The summed E-state index contributed by atoms with van der Waals surface area (Å²) >= 11 is 0.975. The molecule has 0 saturated carbocycles. The van der Waals surface area contributed by atoms with Crippen LogP contribution in [0.3, 0.4) is 0 Å².